The number of nitrogens with two attached hydrogens (primary N) is 1. The molecule has 1 heterocycles. The second-order valence-electron chi connectivity index (χ2n) is 3.73. The third kappa shape index (κ3) is 2.77. The molecule has 17 heavy (non-hydrogen) atoms. The van der Waals surface area contributed by atoms with Crippen molar-refractivity contribution >= 4 is 10.0 Å². The summed E-state index contributed by atoms with van der Waals surface area (Å²) in [5.41, 5.74) is 6.32. The van der Waals surface area contributed by atoms with E-state index in [2.05, 4.69) is 6.58 Å². The van der Waals surface area contributed by atoms with Crippen molar-refractivity contribution in [1.29, 1.82) is 0 Å². The van der Waals surface area contributed by atoms with Crippen LogP contribution >= 0.6 is 0 Å². The van der Waals surface area contributed by atoms with E-state index in [9.17, 15) is 8.42 Å². The first-order chi connectivity index (χ1) is 7.97. The van der Waals surface area contributed by atoms with Gasteiger partial charge in [-0.15, -0.1) is 6.58 Å². The lowest BCUT2D eigenvalue weighted by Crippen LogP contribution is -2.30. The number of aryl methyl sites for hydroxylation is 1. The van der Waals surface area contributed by atoms with E-state index < -0.39 is 10.0 Å². The molecule has 0 fully saturated rings. The molecule has 0 saturated heterocycles. The van der Waals surface area contributed by atoms with Crippen LogP contribution in [0.1, 0.15) is 12.6 Å². The highest BCUT2D eigenvalue weighted by Gasteiger charge is 2.23. The van der Waals surface area contributed by atoms with Gasteiger partial charge in [-0.05, 0) is 6.07 Å². The summed E-state index contributed by atoms with van der Waals surface area (Å²) in [6.07, 6.45) is 3.16. The molecule has 1 aromatic rings. The van der Waals surface area contributed by atoms with E-state index in [1.807, 2.05) is 0 Å². The molecule has 0 spiro atoms. The smallest absolute Gasteiger partial charge is 0.244 e. The molecule has 0 aliphatic heterocycles. The molecule has 0 aliphatic carbocycles. The Morgan fingerprint density at radius 2 is 2.24 bits per heavy atom. The predicted molar refractivity (Wildman–Crippen MR) is 67.9 cm³/mol. The third-order valence-electron chi connectivity index (χ3n) is 2.62. The minimum Gasteiger partial charge on any atom is -0.352 e. The Labute approximate surface area is 103 Å². The fraction of sp³-hybridized carbons (Fsp3) is 0.455. The molecule has 5 nitrogen and oxygen atoms in total. The Morgan fingerprint density at radius 1 is 1.59 bits per heavy atom. The predicted octanol–water partition coefficient (Wildman–Crippen LogP) is 0.680. The summed E-state index contributed by atoms with van der Waals surface area (Å²) in [5.74, 6) is 0. The van der Waals surface area contributed by atoms with Crippen LogP contribution in [0.3, 0.4) is 0 Å². The van der Waals surface area contributed by atoms with Crippen molar-refractivity contribution in [3.63, 3.8) is 0 Å². The zero-order chi connectivity index (χ0) is 13.1. The van der Waals surface area contributed by atoms with E-state index in [-0.39, 0.29) is 4.90 Å². The van der Waals surface area contributed by atoms with Gasteiger partial charge in [0.25, 0.3) is 0 Å². The molecule has 1 aromatic heterocycles. The van der Waals surface area contributed by atoms with Gasteiger partial charge in [-0.3, -0.25) is 0 Å². The third-order valence-corrected chi connectivity index (χ3v) is 4.52. The number of aromatic nitrogens is 1. The highest BCUT2D eigenvalue weighted by molar-refractivity contribution is 7.89. The van der Waals surface area contributed by atoms with Crippen LogP contribution < -0.4 is 5.73 Å². The maximum Gasteiger partial charge on any atom is 0.244 e. The molecule has 0 bridgehead atoms. The monoisotopic (exact) mass is 257 g/mol. The van der Waals surface area contributed by atoms with Crippen LogP contribution in [0.4, 0.5) is 0 Å². The second-order valence-corrected chi connectivity index (χ2v) is 5.66. The SMILES string of the molecule is C=CCN(CC)S(=O)(=O)c1cc(CN)n(C)c1. The Bertz CT molecular complexity index is 491. The second kappa shape index (κ2) is 5.48. The van der Waals surface area contributed by atoms with Crippen molar-refractivity contribution in [3.8, 4) is 0 Å². The molecule has 0 radical (unpaired) electrons. The summed E-state index contributed by atoms with van der Waals surface area (Å²) < 4.78 is 27.6. The van der Waals surface area contributed by atoms with Crippen molar-refractivity contribution in [3.05, 3.63) is 30.6 Å². The van der Waals surface area contributed by atoms with E-state index in [1.165, 1.54) is 4.31 Å². The zero-order valence-corrected chi connectivity index (χ0v) is 11.1. The summed E-state index contributed by atoms with van der Waals surface area (Å²) in [7, 11) is -1.66. The number of likely N-dealkylation sites (N-methyl/N-ethyl adjacent to an activating group) is 1. The Morgan fingerprint density at radius 3 is 2.65 bits per heavy atom. The van der Waals surface area contributed by atoms with Gasteiger partial charge in [-0.2, -0.15) is 4.31 Å². The minimum absolute atomic E-state index is 0.282. The van der Waals surface area contributed by atoms with Gasteiger partial charge in [0.15, 0.2) is 0 Å². The minimum atomic E-state index is -3.44. The fourth-order valence-corrected chi connectivity index (χ4v) is 3.13. The van der Waals surface area contributed by atoms with Gasteiger partial charge < -0.3 is 10.3 Å². The van der Waals surface area contributed by atoms with Crippen molar-refractivity contribution in [2.75, 3.05) is 13.1 Å². The molecule has 0 saturated carbocycles. The number of nitrogens with zero attached hydrogens (tertiary/aromatic N) is 2. The Balaban J connectivity index is 3.15. The average molecular weight is 257 g/mol. The van der Waals surface area contributed by atoms with Gasteiger partial charge in [0.05, 0.1) is 0 Å². The summed E-state index contributed by atoms with van der Waals surface area (Å²) in [4.78, 5) is 0.282. The van der Waals surface area contributed by atoms with Crippen LogP contribution in [0, 0.1) is 0 Å². The maximum absolute atomic E-state index is 12.3. The number of sulfonamides is 1. The number of hydrogen-bond acceptors (Lipinski definition) is 3. The van der Waals surface area contributed by atoms with Crippen molar-refractivity contribution in [2.24, 2.45) is 12.8 Å². The summed E-state index contributed by atoms with van der Waals surface area (Å²) in [5, 5.41) is 0. The molecule has 0 aromatic carbocycles. The van der Waals surface area contributed by atoms with E-state index in [0.29, 0.717) is 19.6 Å². The van der Waals surface area contributed by atoms with Gasteiger partial charge >= 0.3 is 0 Å². The van der Waals surface area contributed by atoms with Crippen LogP contribution in [0.2, 0.25) is 0 Å². The largest absolute Gasteiger partial charge is 0.352 e. The lowest BCUT2D eigenvalue weighted by molar-refractivity contribution is 0.460. The van der Waals surface area contributed by atoms with Gasteiger partial charge in [0.2, 0.25) is 10.0 Å². The number of rotatable bonds is 6. The van der Waals surface area contributed by atoms with Crippen LogP contribution in [0.5, 0.6) is 0 Å². The van der Waals surface area contributed by atoms with Crippen molar-refractivity contribution in [1.82, 2.24) is 8.87 Å². The highest BCUT2D eigenvalue weighted by atomic mass is 32.2. The van der Waals surface area contributed by atoms with E-state index in [1.54, 1.807) is 36.9 Å². The van der Waals surface area contributed by atoms with Crippen molar-refractivity contribution in [2.45, 2.75) is 18.4 Å². The van der Waals surface area contributed by atoms with E-state index >= 15 is 0 Å². The lowest BCUT2D eigenvalue weighted by Gasteiger charge is -2.17. The molecule has 0 unspecified atom stereocenters. The molecule has 6 heteroatoms. The molecule has 0 aliphatic rings. The summed E-state index contributed by atoms with van der Waals surface area (Å²) in [6, 6.07) is 1.61. The van der Waals surface area contributed by atoms with Crippen LogP contribution in [-0.2, 0) is 23.6 Å². The van der Waals surface area contributed by atoms with Crippen LogP contribution in [0.25, 0.3) is 0 Å². The highest BCUT2D eigenvalue weighted by Crippen LogP contribution is 2.18. The zero-order valence-electron chi connectivity index (χ0n) is 10.3. The average Bonchev–Trinajstić information content (AvgIpc) is 2.67. The fourth-order valence-electron chi connectivity index (χ4n) is 1.61. The topological polar surface area (TPSA) is 68.3 Å². The molecular weight excluding hydrogens is 238 g/mol. The summed E-state index contributed by atoms with van der Waals surface area (Å²) in [6.45, 7) is 6.41. The lowest BCUT2D eigenvalue weighted by atomic mass is 10.4. The molecule has 0 amide bonds. The van der Waals surface area contributed by atoms with Crippen molar-refractivity contribution < 1.29 is 8.42 Å². The molecular formula is C11H19N3O2S. The van der Waals surface area contributed by atoms with Gasteiger partial charge in [-0.25, -0.2) is 8.42 Å². The molecule has 96 valence electrons. The first-order valence-electron chi connectivity index (χ1n) is 5.43. The summed E-state index contributed by atoms with van der Waals surface area (Å²) >= 11 is 0. The van der Waals surface area contributed by atoms with Gasteiger partial charge in [-0.1, -0.05) is 13.0 Å². The quantitative estimate of drug-likeness (QED) is 0.762. The molecule has 1 rings (SSSR count). The van der Waals surface area contributed by atoms with E-state index in [0.717, 1.165) is 5.69 Å². The Hall–Kier alpha value is -1.11. The standard InChI is InChI=1S/C11H19N3O2S/c1-4-6-14(5-2)17(15,16)11-7-10(8-12)13(3)9-11/h4,7,9H,1,5-6,8,12H2,2-3H3. The first-order valence-corrected chi connectivity index (χ1v) is 6.87. The number of hydrogen-bond donors (Lipinski definition) is 1. The van der Waals surface area contributed by atoms with Crippen LogP contribution in [-0.4, -0.2) is 30.4 Å². The Kier molecular flexibility index (Phi) is 4.50. The molecule has 0 atom stereocenters. The van der Waals surface area contributed by atoms with Gasteiger partial charge in [0.1, 0.15) is 4.90 Å². The normalized spacial score (nSPS) is 12.0. The van der Waals surface area contributed by atoms with Gasteiger partial charge in [0, 0.05) is 38.6 Å². The first kappa shape index (κ1) is 14.0. The maximum atomic E-state index is 12.3. The molecule has 2 N–H and O–H groups in total. The van der Waals surface area contributed by atoms with E-state index in [4.69, 9.17) is 5.73 Å². The van der Waals surface area contributed by atoms with Crippen LogP contribution in [0.15, 0.2) is 29.8 Å².